The molecule has 0 aliphatic heterocycles. The first kappa shape index (κ1) is 16.9. The van der Waals surface area contributed by atoms with Crippen LogP contribution in [0.5, 0.6) is 0 Å². The van der Waals surface area contributed by atoms with E-state index in [1.54, 1.807) is 0 Å². The van der Waals surface area contributed by atoms with Crippen LogP contribution < -0.4 is 11.1 Å². The van der Waals surface area contributed by atoms with E-state index in [1.165, 1.54) is 38.5 Å². The van der Waals surface area contributed by atoms with Gasteiger partial charge in [-0.2, -0.15) is 0 Å². The van der Waals surface area contributed by atoms with Gasteiger partial charge in [-0.15, -0.1) is 0 Å². The average Bonchev–Trinajstić information content (AvgIpc) is 2.66. The third-order valence-electron chi connectivity index (χ3n) is 5.09. The van der Waals surface area contributed by atoms with Gasteiger partial charge < -0.3 is 16.0 Å². The van der Waals surface area contributed by atoms with Gasteiger partial charge in [-0.05, 0) is 38.3 Å². The quantitative estimate of drug-likeness (QED) is 0.666. The average molecular weight is 269 g/mol. The second kappa shape index (κ2) is 8.93. The van der Waals surface area contributed by atoms with Crippen LogP contribution in [0, 0.1) is 5.92 Å². The van der Waals surface area contributed by atoms with Gasteiger partial charge in [0.15, 0.2) is 0 Å². The Morgan fingerprint density at radius 1 is 1.16 bits per heavy atom. The summed E-state index contributed by atoms with van der Waals surface area (Å²) >= 11 is 0. The van der Waals surface area contributed by atoms with Gasteiger partial charge in [-0.25, -0.2) is 0 Å². The molecule has 19 heavy (non-hydrogen) atoms. The number of nitrogens with zero attached hydrogens (tertiary/aromatic N) is 1. The van der Waals surface area contributed by atoms with E-state index in [0.29, 0.717) is 0 Å². The van der Waals surface area contributed by atoms with Crippen LogP contribution in [0.2, 0.25) is 0 Å². The summed E-state index contributed by atoms with van der Waals surface area (Å²) in [6.45, 7) is 12.1. The SMILES string of the molecule is CCC1CCCC(CN)(NCCN(CC)CC)CC1. The maximum atomic E-state index is 6.10. The number of likely N-dealkylation sites (N-methyl/N-ethyl adjacent to an activating group) is 1. The lowest BCUT2D eigenvalue weighted by atomic mass is 9.89. The first-order chi connectivity index (χ1) is 9.19. The maximum absolute atomic E-state index is 6.10. The summed E-state index contributed by atoms with van der Waals surface area (Å²) in [5, 5.41) is 3.80. The van der Waals surface area contributed by atoms with Crippen molar-refractivity contribution in [1.29, 1.82) is 0 Å². The summed E-state index contributed by atoms with van der Waals surface area (Å²) < 4.78 is 0. The maximum Gasteiger partial charge on any atom is 0.0304 e. The largest absolute Gasteiger partial charge is 0.329 e. The van der Waals surface area contributed by atoms with Crippen molar-refractivity contribution in [3.8, 4) is 0 Å². The highest BCUT2D eigenvalue weighted by atomic mass is 15.1. The molecule has 2 atom stereocenters. The second-order valence-electron chi connectivity index (χ2n) is 6.14. The topological polar surface area (TPSA) is 41.3 Å². The molecular formula is C16H35N3. The minimum absolute atomic E-state index is 0.219. The second-order valence-corrected chi connectivity index (χ2v) is 6.14. The molecule has 0 heterocycles. The molecule has 3 nitrogen and oxygen atoms in total. The zero-order chi connectivity index (χ0) is 14.1. The van der Waals surface area contributed by atoms with Gasteiger partial charge in [-0.3, -0.25) is 0 Å². The molecule has 0 bridgehead atoms. The summed E-state index contributed by atoms with van der Waals surface area (Å²) in [7, 11) is 0. The van der Waals surface area contributed by atoms with Gasteiger partial charge in [-0.1, -0.05) is 40.0 Å². The Kier molecular flexibility index (Phi) is 7.96. The smallest absolute Gasteiger partial charge is 0.0304 e. The van der Waals surface area contributed by atoms with Gasteiger partial charge in [0.2, 0.25) is 0 Å². The Morgan fingerprint density at radius 2 is 1.89 bits per heavy atom. The minimum atomic E-state index is 0.219. The van der Waals surface area contributed by atoms with Crippen LogP contribution in [0.3, 0.4) is 0 Å². The lowest BCUT2D eigenvalue weighted by Gasteiger charge is -2.34. The number of nitrogens with one attached hydrogen (secondary N) is 1. The van der Waals surface area contributed by atoms with Gasteiger partial charge in [0, 0.05) is 25.2 Å². The molecule has 3 N–H and O–H groups in total. The van der Waals surface area contributed by atoms with Crippen LogP contribution >= 0.6 is 0 Å². The highest BCUT2D eigenvalue weighted by Crippen LogP contribution is 2.31. The van der Waals surface area contributed by atoms with Crippen molar-refractivity contribution in [2.75, 3.05) is 32.7 Å². The molecule has 0 saturated heterocycles. The van der Waals surface area contributed by atoms with Crippen LogP contribution in [0.4, 0.5) is 0 Å². The lowest BCUT2D eigenvalue weighted by Crippen LogP contribution is -2.52. The van der Waals surface area contributed by atoms with E-state index >= 15 is 0 Å². The van der Waals surface area contributed by atoms with Crippen LogP contribution in [0.25, 0.3) is 0 Å². The van der Waals surface area contributed by atoms with Gasteiger partial charge >= 0.3 is 0 Å². The van der Waals surface area contributed by atoms with Gasteiger partial charge in [0.25, 0.3) is 0 Å². The normalized spacial score (nSPS) is 28.6. The molecule has 0 aromatic carbocycles. The van der Waals surface area contributed by atoms with E-state index < -0.39 is 0 Å². The van der Waals surface area contributed by atoms with E-state index in [4.69, 9.17) is 5.73 Å². The monoisotopic (exact) mass is 269 g/mol. The Bertz CT molecular complexity index is 228. The molecule has 0 radical (unpaired) electrons. The molecule has 0 amide bonds. The van der Waals surface area contributed by atoms with E-state index in [2.05, 4.69) is 31.0 Å². The fourth-order valence-electron chi connectivity index (χ4n) is 3.36. The van der Waals surface area contributed by atoms with Crippen LogP contribution in [-0.2, 0) is 0 Å². The number of hydrogen-bond acceptors (Lipinski definition) is 3. The van der Waals surface area contributed by atoms with Crippen molar-refractivity contribution >= 4 is 0 Å². The molecule has 1 aliphatic rings. The molecule has 1 saturated carbocycles. The molecule has 1 aliphatic carbocycles. The molecular weight excluding hydrogens is 234 g/mol. The van der Waals surface area contributed by atoms with E-state index in [1.807, 2.05) is 0 Å². The van der Waals surface area contributed by atoms with Crippen molar-refractivity contribution < 1.29 is 0 Å². The van der Waals surface area contributed by atoms with Crippen molar-refractivity contribution in [1.82, 2.24) is 10.2 Å². The third-order valence-corrected chi connectivity index (χ3v) is 5.09. The number of rotatable bonds is 8. The summed E-state index contributed by atoms with van der Waals surface area (Å²) in [5.41, 5.74) is 6.32. The minimum Gasteiger partial charge on any atom is -0.329 e. The molecule has 0 aromatic rings. The van der Waals surface area contributed by atoms with E-state index in [-0.39, 0.29) is 5.54 Å². The van der Waals surface area contributed by atoms with Crippen LogP contribution in [-0.4, -0.2) is 43.2 Å². The molecule has 1 rings (SSSR count). The predicted octanol–water partition coefficient (Wildman–Crippen LogP) is 2.61. The van der Waals surface area contributed by atoms with Crippen molar-refractivity contribution in [3.05, 3.63) is 0 Å². The van der Waals surface area contributed by atoms with Crippen molar-refractivity contribution in [2.24, 2.45) is 11.7 Å². The predicted molar refractivity (Wildman–Crippen MR) is 84.4 cm³/mol. The Hall–Kier alpha value is -0.120. The summed E-state index contributed by atoms with van der Waals surface area (Å²) in [6, 6.07) is 0. The standard InChI is InChI=1S/C16H35N3/c1-4-15-8-7-10-16(14-17,11-9-15)18-12-13-19(5-2)6-3/h15,18H,4-14,17H2,1-3H3. The molecule has 114 valence electrons. The van der Waals surface area contributed by atoms with E-state index in [0.717, 1.165) is 38.6 Å². The van der Waals surface area contributed by atoms with Gasteiger partial charge in [0.1, 0.15) is 0 Å². The van der Waals surface area contributed by atoms with Crippen LogP contribution in [0.1, 0.15) is 59.3 Å². The first-order valence-electron chi connectivity index (χ1n) is 8.37. The zero-order valence-corrected chi connectivity index (χ0v) is 13.4. The highest BCUT2D eigenvalue weighted by Gasteiger charge is 2.30. The van der Waals surface area contributed by atoms with Crippen LogP contribution in [0.15, 0.2) is 0 Å². The molecule has 1 fully saturated rings. The Labute approximate surface area is 120 Å². The Balaban J connectivity index is 2.42. The Morgan fingerprint density at radius 3 is 2.47 bits per heavy atom. The molecule has 2 unspecified atom stereocenters. The fraction of sp³-hybridized carbons (Fsp3) is 1.00. The third kappa shape index (κ3) is 5.41. The summed E-state index contributed by atoms with van der Waals surface area (Å²) in [6.07, 6.45) is 7.95. The highest BCUT2D eigenvalue weighted by molar-refractivity contribution is 4.92. The fourth-order valence-corrected chi connectivity index (χ4v) is 3.36. The molecule has 0 aromatic heterocycles. The van der Waals surface area contributed by atoms with E-state index in [9.17, 15) is 0 Å². The lowest BCUT2D eigenvalue weighted by molar-refractivity contribution is 0.248. The zero-order valence-electron chi connectivity index (χ0n) is 13.4. The van der Waals surface area contributed by atoms with Crippen molar-refractivity contribution in [3.63, 3.8) is 0 Å². The summed E-state index contributed by atoms with van der Waals surface area (Å²) in [4.78, 5) is 2.47. The number of hydrogen-bond donors (Lipinski definition) is 2. The summed E-state index contributed by atoms with van der Waals surface area (Å²) in [5.74, 6) is 0.929. The van der Waals surface area contributed by atoms with Gasteiger partial charge in [0.05, 0.1) is 0 Å². The number of nitrogens with two attached hydrogens (primary N) is 1. The van der Waals surface area contributed by atoms with Crippen molar-refractivity contribution in [2.45, 2.75) is 64.8 Å². The molecule has 3 heteroatoms. The first-order valence-corrected chi connectivity index (χ1v) is 8.37. The molecule has 0 spiro atoms.